The minimum Gasteiger partial charge on any atom is -0.490 e. The molecule has 0 spiro atoms. The first-order valence-electron chi connectivity index (χ1n) is 8.69. The third kappa shape index (κ3) is 5.89. The Balaban J connectivity index is 1.64. The molecule has 0 unspecified atom stereocenters. The van der Waals surface area contributed by atoms with Crippen LogP contribution in [0.25, 0.3) is 0 Å². The third-order valence-corrected chi connectivity index (χ3v) is 4.23. The van der Waals surface area contributed by atoms with Crippen LogP contribution in [-0.4, -0.2) is 45.4 Å². The molecule has 2 rings (SSSR count). The second kappa shape index (κ2) is 9.98. The molecule has 1 aromatic rings. The van der Waals surface area contributed by atoms with Crippen LogP contribution in [0.1, 0.15) is 19.8 Å². The number of esters is 1. The Hall–Kier alpha value is -2.01. The molecule has 1 aliphatic heterocycles. The predicted molar refractivity (Wildman–Crippen MR) is 92.5 cm³/mol. The molecule has 0 aliphatic carbocycles. The van der Waals surface area contributed by atoms with Crippen molar-refractivity contribution in [3.05, 3.63) is 36.9 Å². The molecule has 1 heterocycles. The van der Waals surface area contributed by atoms with Crippen molar-refractivity contribution in [3.8, 4) is 11.5 Å². The SMILES string of the molecule is C=CCOc1ccc(OCC[NH+]2CCC(C(=O)OCC)CC2)cc1. The van der Waals surface area contributed by atoms with Crippen molar-refractivity contribution in [2.45, 2.75) is 19.8 Å². The van der Waals surface area contributed by atoms with E-state index in [1.54, 1.807) is 6.08 Å². The Morgan fingerprint density at radius 1 is 1.21 bits per heavy atom. The number of nitrogens with one attached hydrogen (secondary N) is 1. The van der Waals surface area contributed by atoms with Crippen molar-refractivity contribution in [1.82, 2.24) is 0 Å². The number of carbonyl (C=O) groups excluding carboxylic acids is 1. The van der Waals surface area contributed by atoms with Crippen molar-refractivity contribution in [2.24, 2.45) is 5.92 Å². The molecule has 1 aliphatic rings. The fraction of sp³-hybridized carbons (Fsp3) is 0.526. The highest BCUT2D eigenvalue weighted by atomic mass is 16.5. The van der Waals surface area contributed by atoms with Gasteiger partial charge in [0.05, 0.1) is 25.6 Å². The molecule has 0 aromatic heterocycles. The van der Waals surface area contributed by atoms with Crippen LogP contribution < -0.4 is 14.4 Å². The van der Waals surface area contributed by atoms with Gasteiger partial charge in [0.1, 0.15) is 31.3 Å². The van der Waals surface area contributed by atoms with E-state index in [1.807, 2.05) is 31.2 Å². The lowest BCUT2D eigenvalue weighted by Crippen LogP contribution is -3.13. The quantitative estimate of drug-likeness (QED) is 0.549. The van der Waals surface area contributed by atoms with Crippen LogP contribution in [-0.2, 0) is 9.53 Å². The molecule has 1 aromatic carbocycles. The van der Waals surface area contributed by atoms with Gasteiger partial charge in [-0.25, -0.2) is 0 Å². The van der Waals surface area contributed by atoms with Crippen molar-refractivity contribution in [2.75, 3.05) is 39.5 Å². The van der Waals surface area contributed by atoms with Crippen molar-refractivity contribution < 1.29 is 23.9 Å². The van der Waals surface area contributed by atoms with Crippen molar-refractivity contribution >= 4 is 5.97 Å². The van der Waals surface area contributed by atoms with E-state index in [0.29, 0.717) is 19.8 Å². The number of hydrogen-bond donors (Lipinski definition) is 1. The van der Waals surface area contributed by atoms with Gasteiger partial charge in [0.2, 0.25) is 0 Å². The molecule has 1 saturated heterocycles. The maximum Gasteiger partial charge on any atom is 0.309 e. The van der Waals surface area contributed by atoms with E-state index in [9.17, 15) is 4.79 Å². The van der Waals surface area contributed by atoms with Crippen LogP contribution in [0.15, 0.2) is 36.9 Å². The molecule has 24 heavy (non-hydrogen) atoms. The highest BCUT2D eigenvalue weighted by Gasteiger charge is 2.28. The van der Waals surface area contributed by atoms with E-state index in [2.05, 4.69) is 6.58 Å². The lowest BCUT2D eigenvalue weighted by molar-refractivity contribution is -0.905. The molecular weight excluding hydrogens is 306 g/mol. The minimum absolute atomic E-state index is 0.0356. The molecule has 132 valence electrons. The molecule has 0 atom stereocenters. The largest absolute Gasteiger partial charge is 0.490 e. The van der Waals surface area contributed by atoms with Gasteiger partial charge < -0.3 is 19.1 Å². The zero-order chi connectivity index (χ0) is 17.2. The number of ether oxygens (including phenoxy) is 3. The predicted octanol–water partition coefficient (Wildman–Crippen LogP) is 1.49. The zero-order valence-corrected chi connectivity index (χ0v) is 14.5. The van der Waals surface area contributed by atoms with E-state index in [-0.39, 0.29) is 11.9 Å². The Kier molecular flexibility index (Phi) is 7.62. The Morgan fingerprint density at radius 3 is 2.42 bits per heavy atom. The highest BCUT2D eigenvalue weighted by molar-refractivity contribution is 5.72. The van der Waals surface area contributed by atoms with Crippen molar-refractivity contribution in [1.29, 1.82) is 0 Å². The first-order chi connectivity index (χ1) is 11.7. The Morgan fingerprint density at radius 2 is 1.83 bits per heavy atom. The van der Waals surface area contributed by atoms with Crippen molar-refractivity contribution in [3.63, 3.8) is 0 Å². The van der Waals surface area contributed by atoms with E-state index in [0.717, 1.165) is 44.0 Å². The number of benzene rings is 1. The topological polar surface area (TPSA) is 49.2 Å². The number of hydrogen-bond acceptors (Lipinski definition) is 4. The van der Waals surface area contributed by atoms with Gasteiger partial charge in [-0.05, 0) is 31.2 Å². The molecular formula is C19H28NO4+. The molecule has 0 radical (unpaired) electrons. The lowest BCUT2D eigenvalue weighted by Gasteiger charge is -2.28. The zero-order valence-electron chi connectivity index (χ0n) is 14.5. The minimum atomic E-state index is -0.0356. The first kappa shape index (κ1) is 18.3. The summed E-state index contributed by atoms with van der Waals surface area (Å²) in [5.41, 5.74) is 0. The van der Waals surface area contributed by atoms with Gasteiger partial charge in [-0.3, -0.25) is 4.79 Å². The summed E-state index contributed by atoms with van der Waals surface area (Å²) in [6.07, 6.45) is 3.53. The van der Waals surface area contributed by atoms with Gasteiger partial charge in [0.15, 0.2) is 0 Å². The Bertz CT molecular complexity index is 507. The number of carbonyl (C=O) groups is 1. The average Bonchev–Trinajstić information content (AvgIpc) is 2.62. The van der Waals surface area contributed by atoms with Crippen LogP contribution in [0.3, 0.4) is 0 Å². The van der Waals surface area contributed by atoms with E-state index in [4.69, 9.17) is 14.2 Å². The number of likely N-dealkylation sites (tertiary alicyclic amines) is 1. The summed E-state index contributed by atoms with van der Waals surface area (Å²) in [5.74, 6) is 1.71. The molecule has 0 saturated carbocycles. The first-order valence-corrected chi connectivity index (χ1v) is 8.69. The molecule has 5 heteroatoms. The maximum absolute atomic E-state index is 11.7. The van der Waals surface area contributed by atoms with Crippen LogP contribution >= 0.6 is 0 Å². The molecule has 1 N–H and O–H groups in total. The molecule has 5 nitrogen and oxygen atoms in total. The lowest BCUT2D eigenvalue weighted by atomic mass is 9.97. The molecule has 0 amide bonds. The monoisotopic (exact) mass is 334 g/mol. The maximum atomic E-state index is 11.7. The van der Waals surface area contributed by atoms with E-state index in [1.165, 1.54) is 4.90 Å². The summed E-state index contributed by atoms with van der Waals surface area (Å²) in [6.45, 7) is 10.1. The van der Waals surface area contributed by atoms with Gasteiger partial charge in [0, 0.05) is 12.8 Å². The fourth-order valence-corrected chi connectivity index (χ4v) is 2.87. The van der Waals surface area contributed by atoms with Crippen LogP contribution in [0.2, 0.25) is 0 Å². The van der Waals surface area contributed by atoms with E-state index >= 15 is 0 Å². The second-order valence-electron chi connectivity index (χ2n) is 5.95. The number of piperidine rings is 1. The standard InChI is InChI=1S/C19H27NO4/c1-3-14-23-17-5-7-18(8-6-17)24-15-13-20-11-9-16(10-12-20)19(21)22-4-2/h3,5-8,16H,1,4,9-15H2,2H3/p+1. The van der Waals surface area contributed by atoms with Crippen LogP contribution in [0.4, 0.5) is 0 Å². The second-order valence-corrected chi connectivity index (χ2v) is 5.95. The summed E-state index contributed by atoms with van der Waals surface area (Å²) in [4.78, 5) is 13.2. The van der Waals surface area contributed by atoms with E-state index < -0.39 is 0 Å². The number of quaternary nitrogens is 1. The third-order valence-electron chi connectivity index (χ3n) is 4.23. The summed E-state index contributed by atoms with van der Waals surface area (Å²) < 4.78 is 16.3. The van der Waals surface area contributed by atoms with Gasteiger partial charge >= 0.3 is 5.97 Å². The van der Waals surface area contributed by atoms with Crippen LogP contribution in [0.5, 0.6) is 11.5 Å². The van der Waals surface area contributed by atoms with Gasteiger partial charge in [-0.2, -0.15) is 0 Å². The average molecular weight is 334 g/mol. The highest BCUT2D eigenvalue weighted by Crippen LogP contribution is 2.17. The Labute approximate surface area is 144 Å². The molecule has 1 fully saturated rings. The summed E-state index contributed by atoms with van der Waals surface area (Å²) >= 11 is 0. The summed E-state index contributed by atoms with van der Waals surface area (Å²) in [5, 5.41) is 0. The van der Waals surface area contributed by atoms with Gasteiger partial charge in [0.25, 0.3) is 0 Å². The van der Waals surface area contributed by atoms with Gasteiger partial charge in [-0.15, -0.1) is 0 Å². The fourth-order valence-electron chi connectivity index (χ4n) is 2.87. The molecule has 0 bridgehead atoms. The van der Waals surface area contributed by atoms with Gasteiger partial charge in [-0.1, -0.05) is 12.7 Å². The summed E-state index contributed by atoms with van der Waals surface area (Å²) in [6, 6.07) is 7.63. The van der Waals surface area contributed by atoms with Crippen LogP contribution in [0, 0.1) is 5.92 Å². The normalized spacial score (nSPS) is 20.2. The summed E-state index contributed by atoms with van der Waals surface area (Å²) in [7, 11) is 0. The smallest absolute Gasteiger partial charge is 0.309 e. The number of rotatable bonds is 9.